The molecule has 0 aliphatic carbocycles. The molecule has 2 rings (SSSR count). The fraction of sp³-hybridized carbons (Fsp3) is 0.294. The second-order valence-corrected chi connectivity index (χ2v) is 6.52. The van der Waals surface area contributed by atoms with Crippen molar-refractivity contribution in [2.24, 2.45) is 5.73 Å². The van der Waals surface area contributed by atoms with Crippen LogP contribution in [0.5, 0.6) is 0 Å². The van der Waals surface area contributed by atoms with Crippen LogP contribution in [0.4, 0.5) is 0 Å². The Morgan fingerprint density at radius 1 is 1.24 bits per heavy atom. The third-order valence-electron chi connectivity index (χ3n) is 3.39. The quantitative estimate of drug-likeness (QED) is 0.866. The van der Waals surface area contributed by atoms with E-state index in [0.717, 1.165) is 16.4 Å². The lowest BCUT2D eigenvalue weighted by molar-refractivity contribution is 0.255. The summed E-state index contributed by atoms with van der Waals surface area (Å²) in [6.07, 6.45) is 0. The van der Waals surface area contributed by atoms with Crippen LogP contribution in [-0.2, 0) is 6.54 Å². The second kappa shape index (κ2) is 7.63. The van der Waals surface area contributed by atoms with E-state index < -0.39 is 0 Å². The van der Waals surface area contributed by atoms with Crippen molar-refractivity contribution in [3.8, 4) is 11.8 Å². The van der Waals surface area contributed by atoms with Crippen molar-refractivity contribution < 1.29 is 0 Å². The molecule has 2 nitrogen and oxygen atoms in total. The molecule has 1 aromatic carbocycles. The molecule has 1 atom stereocenters. The first-order valence-electron chi connectivity index (χ1n) is 6.83. The molecule has 110 valence electrons. The molecule has 0 radical (unpaired) electrons. The fourth-order valence-electron chi connectivity index (χ4n) is 2.05. The van der Waals surface area contributed by atoms with E-state index in [9.17, 15) is 0 Å². The molecule has 1 heterocycles. The Labute approximate surface area is 135 Å². The third kappa shape index (κ3) is 4.59. The maximum atomic E-state index is 5.94. The van der Waals surface area contributed by atoms with Crippen molar-refractivity contribution >= 4 is 22.9 Å². The monoisotopic (exact) mass is 318 g/mol. The topological polar surface area (TPSA) is 29.3 Å². The zero-order chi connectivity index (χ0) is 15.2. The molecule has 0 saturated carbocycles. The first-order chi connectivity index (χ1) is 10.1. The Bertz CT molecular complexity index is 637. The maximum Gasteiger partial charge on any atom is 0.0772 e. The van der Waals surface area contributed by atoms with Gasteiger partial charge in [0.15, 0.2) is 0 Å². The van der Waals surface area contributed by atoms with E-state index >= 15 is 0 Å². The summed E-state index contributed by atoms with van der Waals surface area (Å²) >= 11 is 7.66. The van der Waals surface area contributed by atoms with Crippen molar-refractivity contribution in [1.29, 1.82) is 0 Å². The van der Waals surface area contributed by atoms with Crippen molar-refractivity contribution in [2.75, 3.05) is 13.6 Å². The number of rotatable bonds is 4. The van der Waals surface area contributed by atoms with Gasteiger partial charge in [-0.2, -0.15) is 0 Å². The van der Waals surface area contributed by atoms with Crippen molar-refractivity contribution in [2.45, 2.75) is 19.5 Å². The van der Waals surface area contributed by atoms with Crippen LogP contribution in [0.3, 0.4) is 0 Å². The summed E-state index contributed by atoms with van der Waals surface area (Å²) in [6.45, 7) is 3.51. The first kappa shape index (κ1) is 16.1. The maximum absolute atomic E-state index is 5.94. The third-order valence-corrected chi connectivity index (χ3v) is 4.63. The van der Waals surface area contributed by atoms with Gasteiger partial charge in [-0.25, -0.2) is 0 Å². The van der Waals surface area contributed by atoms with E-state index in [1.807, 2.05) is 12.1 Å². The largest absolute Gasteiger partial charge is 0.320 e. The molecular weight excluding hydrogens is 300 g/mol. The molecular formula is C17H19ClN2S. The van der Waals surface area contributed by atoms with Gasteiger partial charge in [0.05, 0.1) is 11.4 Å². The lowest BCUT2D eigenvalue weighted by Gasteiger charge is -2.24. The Balaban J connectivity index is 2.01. The number of nitrogens with zero attached hydrogens (tertiary/aromatic N) is 1. The molecule has 0 bridgehead atoms. The van der Waals surface area contributed by atoms with Gasteiger partial charge in [-0.15, -0.1) is 11.3 Å². The molecule has 0 amide bonds. The van der Waals surface area contributed by atoms with Gasteiger partial charge in [-0.05, 0) is 43.8 Å². The minimum atomic E-state index is 0.336. The van der Waals surface area contributed by atoms with Gasteiger partial charge >= 0.3 is 0 Å². The zero-order valence-corrected chi connectivity index (χ0v) is 13.8. The molecule has 1 aromatic heterocycles. The van der Waals surface area contributed by atoms with E-state index in [0.29, 0.717) is 12.6 Å². The van der Waals surface area contributed by atoms with Crippen LogP contribution in [0.1, 0.15) is 28.3 Å². The summed E-state index contributed by atoms with van der Waals surface area (Å²) in [7, 11) is 2.13. The molecule has 0 fully saturated rings. The van der Waals surface area contributed by atoms with E-state index in [1.165, 1.54) is 10.4 Å². The predicted octanol–water partition coefficient (Wildman–Crippen LogP) is 3.90. The van der Waals surface area contributed by atoms with Gasteiger partial charge in [0.25, 0.3) is 0 Å². The smallest absolute Gasteiger partial charge is 0.0772 e. The average molecular weight is 319 g/mol. The van der Waals surface area contributed by atoms with Crippen molar-refractivity contribution in [1.82, 2.24) is 4.90 Å². The normalized spacial score (nSPS) is 12.0. The van der Waals surface area contributed by atoms with Crippen LogP contribution < -0.4 is 5.73 Å². The summed E-state index contributed by atoms with van der Waals surface area (Å²) < 4.78 is 0. The van der Waals surface area contributed by atoms with Crippen LogP contribution in [0, 0.1) is 11.8 Å². The summed E-state index contributed by atoms with van der Waals surface area (Å²) in [5, 5.41) is 0.773. The Morgan fingerprint density at radius 3 is 2.62 bits per heavy atom. The minimum Gasteiger partial charge on any atom is -0.320 e. The Morgan fingerprint density at radius 2 is 1.95 bits per heavy atom. The lowest BCUT2D eigenvalue weighted by Crippen LogP contribution is -2.21. The molecule has 0 aliphatic heterocycles. The minimum absolute atomic E-state index is 0.336. The lowest BCUT2D eigenvalue weighted by atomic mass is 10.1. The number of hydrogen-bond donors (Lipinski definition) is 1. The van der Waals surface area contributed by atoms with Crippen LogP contribution in [0.25, 0.3) is 0 Å². The molecule has 1 unspecified atom stereocenters. The fourth-order valence-corrected chi connectivity index (χ4v) is 3.12. The Kier molecular flexibility index (Phi) is 5.84. The summed E-state index contributed by atoms with van der Waals surface area (Å²) in [4.78, 5) is 4.69. The van der Waals surface area contributed by atoms with Gasteiger partial charge in [0, 0.05) is 22.5 Å². The predicted molar refractivity (Wildman–Crippen MR) is 91.6 cm³/mol. The van der Waals surface area contributed by atoms with Crippen molar-refractivity contribution in [3.05, 3.63) is 56.7 Å². The highest BCUT2D eigenvalue weighted by atomic mass is 35.5. The number of thiophene rings is 1. The number of nitrogens with two attached hydrogens (primary N) is 1. The highest BCUT2D eigenvalue weighted by Gasteiger charge is 2.12. The Hall–Kier alpha value is -1.31. The standard InChI is InChI=1S/C17H19ClN2S/c1-13(14-5-7-15(18)8-6-14)20(2)12-17-10-9-16(21-17)4-3-11-19/h5-10,13H,11-12,19H2,1-2H3. The summed E-state index contributed by atoms with van der Waals surface area (Å²) in [5.74, 6) is 5.96. The molecule has 0 aliphatic rings. The highest BCUT2D eigenvalue weighted by molar-refractivity contribution is 7.12. The van der Waals surface area contributed by atoms with E-state index in [-0.39, 0.29) is 0 Å². The SMILES string of the molecule is CC(c1ccc(Cl)cc1)N(C)Cc1ccc(C#CCN)s1. The average Bonchev–Trinajstić information content (AvgIpc) is 2.92. The molecule has 21 heavy (non-hydrogen) atoms. The van der Waals surface area contributed by atoms with Gasteiger partial charge in [0.2, 0.25) is 0 Å². The summed E-state index contributed by atoms with van der Waals surface area (Å²) in [5.41, 5.74) is 6.66. The zero-order valence-electron chi connectivity index (χ0n) is 12.3. The first-order valence-corrected chi connectivity index (χ1v) is 8.03. The number of halogens is 1. The van der Waals surface area contributed by atoms with Gasteiger partial charge in [-0.1, -0.05) is 35.6 Å². The summed E-state index contributed by atoms with van der Waals surface area (Å²) in [6, 6.07) is 12.6. The van der Waals surface area contributed by atoms with Crippen LogP contribution >= 0.6 is 22.9 Å². The van der Waals surface area contributed by atoms with Gasteiger partial charge in [0.1, 0.15) is 0 Å². The van der Waals surface area contributed by atoms with E-state index in [2.05, 4.69) is 55.0 Å². The highest BCUT2D eigenvalue weighted by Crippen LogP contribution is 2.24. The number of hydrogen-bond acceptors (Lipinski definition) is 3. The van der Waals surface area contributed by atoms with Crippen molar-refractivity contribution in [3.63, 3.8) is 0 Å². The van der Waals surface area contributed by atoms with E-state index in [4.69, 9.17) is 17.3 Å². The van der Waals surface area contributed by atoms with Gasteiger partial charge in [-0.3, -0.25) is 4.90 Å². The van der Waals surface area contributed by atoms with E-state index in [1.54, 1.807) is 11.3 Å². The second-order valence-electron chi connectivity index (χ2n) is 4.91. The molecule has 2 aromatic rings. The molecule has 4 heteroatoms. The van der Waals surface area contributed by atoms with Crippen LogP contribution in [-0.4, -0.2) is 18.5 Å². The molecule has 2 N–H and O–H groups in total. The number of benzene rings is 1. The van der Waals surface area contributed by atoms with Crippen LogP contribution in [0.15, 0.2) is 36.4 Å². The molecule has 0 saturated heterocycles. The van der Waals surface area contributed by atoms with Gasteiger partial charge < -0.3 is 5.73 Å². The van der Waals surface area contributed by atoms with Crippen LogP contribution in [0.2, 0.25) is 5.02 Å². The molecule has 0 spiro atoms.